The Labute approximate surface area is 113 Å². The van der Waals surface area contributed by atoms with E-state index in [1.807, 2.05) is 0 Å². The second-order valence-corrected chi connectivity index (χ2v) is 4.97. The molecule has 0 bridgehead atoms. The van der Waals surface area contributed by atoms with Gasteiger partial charge in [-0.3, -0.25) is 4.79 Å². The summed E-state index contributed by atoms with van der Waals surface area (Å²) < 4.78 is 5.77. The number of phenols is 1. The highest BCUT2D eigenvalue weighted by atomic mass is 79.9. The van der Waals surface area contributed by atoms with Crippen molar-refractivity contribution < 1.29 is 14.6 Å². The summed E-state index contributed by atoms with van der Waals surface area (Å²) in [5.41, 5.74) is 2.91. The van der Waals surface area contributed by atoms with Gasteiger partial charge in [0.2, 0.25) is 5.91 Å². The van der Waals surface area contributed by atoms with Gasteiger partial charge < -0.3 is 9.84 Å². The minimum Gasteiger partial charge on any atom is -0.504 e. The maximum absolute atomic E-state index is 11.3. The van der Waals surface area contributed by atoms with Crippen molar-refractivity contribution in [1.82, 2.24) is 5.43 Å². The summed E-state index contributed by atoms with van der Waals surface area (Å²) >= 11 is 3.30. The zero-order valence-corrected chi connectivity index (χ0v) is 11.4. The highest BCUT2D eigenvalue weighted by Crippen LogP contribution is 2.32. The van der Waals surface area contributed by atoms with Crippen LogP contribution in [0.2, 0.25) is 0 Å². The molecule has 2 rings (SSSR count). The first kappa shape index (κ1) is 12.9. The zero-order chi connectivity index (χ0) is 13.1. The lowest BCUT2D eigenvalue weighted by Gasteiger charge is -2.06. The third kappa shape index (κ3) is 3.01. The number of hydrogen-bond donors (Lipinski definition) is 2. The Morgan fingerprint density at radius 2 is 2.33 bits per heavy atom. The van der Waals surface area contributed by atoms with Gasteiger partial charge >= 0.3 is 0 Å². The van der Waals surface area contributed by atoms with Gasteiger partial charge in [-0.05, 0) is 25.0 Å². The van der Waals surface area contributed by atoms with Gasteiger partial charge in [0.05, 0.1) is 13.3 Å². The molecule has 0 unspecified atom stereocenters. The maximum Gasteiger partial charge on any atom is 0.243 e. The second kappa shape index (κ2) is 5.39. The van der Waals surface area contributed by atoms with Crippen LogP contribution in [0.3, 0.4) is 0 Å². The van der Waals surface area contributed by atoms with Gasteiger partial charge in [-0.25, -0.2) is 5.43 Å². The fraction of sp³-hybridized carbons (Fsp3) is 0.333. The van der Waals surface area contributed by atoms with Gasteiger partial charge in [0.25, 0.3) is 0 Å². The first-order valence-electron chi connectivity index (χ1n) is 5.51. The van der Waals surface area contributed by atoms with E-state index in [1.165, 1.54) is 13.3 Å². The largest absolute Gasteiger partial charge is 0.504 e. The fourth-order valence-corrected chi connectivity index (χ4v) is 1.91. The molecule has 96 valence electrons. The number of nitrogens with one attached hydrogen (secondary N) is 1. The Morgan fingerprint density at radius 3 is 2.94 bits per heavy atom. The number of rotatable bonds is 4. The van der Waals surface area contributed by atoms with Crippen LogP contribution in [0.4, 0.5) is 0 Å². The Morgan fingerprint density at radius 1 is 1.61 bits per heavy atom. The molecular weight excluding hydrogens is 300 g/mol. The van der Waals surface area contributed by atoms with E-state index in [0.29, 0.717) is 11.3 Å². The van der Waals surface area contributed by atoms with Crippen molar-refractivity contribution >= 4 is 28.1 Å². The van der Waals surface area contributed by atoms with Crippen LogP contribution in [0.1, 0.15) is 18.4 Å². The van der Waals surface area contributed by atoms with E-state index < -0.39 is 0 Å². The molecule has 0 saturated heterocycles. The average Bonchev–Trinajstić information content (AvgIpc) is 3.16. The number of phenolic OH excluding ortho intramolecular Hbond substituents is 1. The zero-order valence-electron chi connectivity index (χ0n) is 9.81. The molecule has 1 amide bonds. The third-order valence-corrected chi connectivity index (χ3v) is 3.07. The molecule has 0 aromatic heterocycles. The van der Waals surface area contributed by atoms with E-state index in [4.69, 9.17) is 4.74 Å². The molecule has 5 nitrogen and oxygen atoms in total. The second-order valence-electron chi connectivity index (χ2n) is 4.05. The molecule has 1 fully saturated rings. The smallest absolute Gasteiger partial charge is 0.243 e. The molecule has 6 heteroatoms. The van der Waals surface area contributed by atoms with E-state index in [0.717, 1.165) is 17.3 Å². The lowest BCUT2D eigenvalue weighted by molar-refractivity contribution is -0.122. The Hall–Kier alpha value is -1.56. The molecular formula is C12H13BrN2O3. The quantitative estimate of drug-likeness (QED) is 0.660. The van der Waals surface area contributed by atoms with E-state index in [1.54, 1.807) is 12.1 Å². The number of methoxy groups -OCH3 is 1. The first-order valence-corrected chi connectivity index (χ1v) is 6.30. The van der Waals surface area contributed by atoms with E-state index in [2.05, 4.69) is 26.5 Å². The summed E-state index contributed by atoms with van der Waals surface area (Å²) in [6.07, 6.45) is 3.25. The highest BCUT2D eigenvalue weighted by Gasteiger charge is 2.29. The van der Waals surface area contributed by atoms with Crippen molar-refractivity contribution in [3.8, 4) is 11.5 Å². The number of halogens is 1. The third-order valence-electron chi connectivity index (χ3n) is 2.62. The number of nitrogens with zero attached hydrogens (tertiary/aromatic N) is 1. The van der Waals surface area contributed by atoms with Crippen molar-refractivity contribution in [3.05, 3.63) is 22.2 Å². The van der Waals surface area contributed by atoms with Gasteiger partial charge in [0.1, 0.15) is 0 Å². The van der Waals surface area contributed by atoms with Gasteiger partial charge in [-0.2, -0.15) is 5.10 Å². The van der Waals surface area contributed by atoms with Gasteiger partial charge in [0, 0.05) is 16.0 Å². The van der Waals surface area contributed by atoms with Crippen molar-refractivity contribution in [1.29, 1.82) is 0 Å². The van der Waals surface area contributed by atoms with E-state index >= 15 is 0 Å². The minimum absolute atomic E-state index is 0.00915. The number of hydrogen-bond acceptors (Lipinski definition) is 4. The number of hydrazone groups is 1. The predicted octanol–water partition coefficient (Wildman–Crippen LogP) is 2.02. The molecule has 0 radical (unpaired) electrons. The van der Waals surface area contributed by atoms with Crippen LogP contribution < -0.4 is 10.2 Å². The summed E-state index contributed by atoms with van der Waals surface area (Å²) in [4.78, 5) is 11.3. The van der Waals surface area contributed by atoms with Crippen LogP contribution in [-0.4, -0.2) is 24.3 Å². The van der Waals surface area contributed by atoms with Crippen LogP contribution >= 0.6 is 15.9 Å². The van der Waals surface area contributed by atoms with Crippen LogP contribution in [0.25, 0.3) is 0 Å². The molecule has 0 atom stereocenters. The molecule has 0 aliphatic heterocycles. The van der Waals surface area contributed by atoms with Gasteiger partial charge in [-0.15, -0.1) is 0 Å². The number of ether oxygens (including phenoxy) is 1. The fourth-order valence-electron chi connectivity index (χ4n) is 1.45. The van der Waals surface area contributed by atoms with E-state index in [9.17, 15) is 9.90 Å². The van der Waals surface area contributed by atoms with Crippen LogP contribution in [0.15, 0.2) is 21.7 Å². The topological polar surface area (TPSA) is 70.9 Å². The van der Waals surface area contributed by atoms with E-state index in [-0.39, 0.29) is 17.6 Å². The van der Waals surface area contributed by atoms with Gasteiger partial charge in [-0.1, -0.05) is 15.9 Å². The normalized spacial score (nSPS) is 14.8. The average molecular weight is 313 g/mol. The monoisotopic (exact) mass is 312 g/mol. The minimum atomic E-state index is -0.0762. The number of benzene rings is 1. The van der Waals surface area contributed by atoms with Crippen molar-refractivity contribution in [2.45, 2.75) is 12.8 Å². The lowest BCUT2D eigenvalue weighted by atomic mass is 10.2. The summed E-state index contributed by atoms with van der Waals surface area (Å²) in [6.45, 7) is 0. The Kier molecular flexibility index (Phi) is 3.86. The number of amides is 1. The van der Waals surface area contributed by atoms with Crippen LogP contribution in [-0.2, 0) is 4.79 Å². The molecule has 1 aromatic carbocycles. The summed E-state index contributed by atoms with van der Waals surface area (Å²) in [5.74, 6) is 0.366. The molecule has 1 aliphatic rings. The highest BCUT2D eigenvalue weighted by molar-refractivity contribution is 9.10. The SMILES string of the molecule is COc1cc(Br)cc(/C=N/NC(=O)C2CC2)c1O. The molecule has 1 aliphatic carbocycles. The molecule has 0 spiro atoms. The molecule has 2 N–H and O–H groups in total. The van der Waals surface area contributed by atoms with Crippen molar-refractivity contribution in [3.63, 3.8) is 0 Å². The van der Waals surface area contributed by atoms with Gasteiger partial charge in [0.15, 0.2) is 11.5 Å². The first-order chi connectivity index (χ1) is 8.61. The van der Waals surface area contributed by atoms with Crippen LogP contribution in [0.5, 0.6) is 11.5 Å². The summed E-state index contributed by atoms with van der Waals surface area (Å²) in [5, 5.41) is 13.7. The maximum atomic E-state index is 11.3. The predicted molar refractivity (Wildman–Crippen MR) is 70.8 cm³/mol. The van der Waals surface area contributed by atoms with Crippen molar-refractivity contribution in [2.24, 2.45) is 11.0 Å². The Balaban J connectivity index is 2.09. The molecule has 18 heavy (non-hydrogen) atoms. The standard InChI is InChI=1S/C12H13BrN2O3/c1-18-10-5-9(13)4-8(11(10)16)6-14-15-12(17)7-2-3-7/h4-7,16H,2-3H2,1H3,(H,15,17)/b14-6+. The molecule has 1 aromatic rings. The van der Waals surface area contributed by atoms with Crippen LogP contribution in [0, 0.1) is 5.92 Å². The number of carbonyl (C=O) groups excluding carboxylic acids is 1. The number of aromatic hydroxyl groups is 1. The van der Waals surface area contributed by atoms with Crippen molar-refractivity contribution in [2.75, 3.05) is 7.11 Å². The number of carbonyl (C=O) groups is 1. The molecule has 1 saturated carbocycles. The lowest BCUT2D eigenvalue weighted by Crippen LogP contribution is -2.18. The molecule has 0 heterocycles. The summed E-state index contributed by atoms with van der Waals surface area (Å²) in [6, 6.07) is 3.33. The Bertz CT molecular complexity index is 498. The summed E-state index contributed by atoms with van der Waals surface area (Å²) in [7, 11) is 1.47.